The van der Waals surface area contributed by atoms with E-state index in [1.54, 1.807) is 45.0 Å². The fourth-order valence-corrected chi connectivity index (χ4v) is 2.36. The first kappa shape index (κ1) is 23.6. The molecule has 2 N–H and O–H groups in total. The summed E-state index contributed by atoms with van der Waals surface area (Å²) < 4.78 is 10.1. The minimum atomic E-state index is -1.39. The summed E-state index contributed by atoms with van der Waals surface area (Å²) in [5.41, 5.74) is -0.0289. The summed E-state index contributed by atoms with van der Waals surface area (Å²) in [5.74, 6) is -1.39. The second-order valence-electron chi connectivity index (χ2n) is 7.11. The molecule has 0 radical (unpaired) electrons. The van der Waals surface area contributed by atoms with Gasteiger partial charge in [-0.1, -0.05) is 29.8 Å². The van der Waals surface area contributed by atoms with Crippen molar-refractivity contribution in [3.63, 3.8) is 0 Å². The number of carboxylic acids is 1. The molecule has 0 saturated heterocycles. The zero-order valence-electron chi connectivity index (χ0n) is 16.2. The Morgan fingerprint density at radius 3 is 2.43 bits per heavy atom. The highest BCUT2D eigenvalue weighted by Crippen LogP contribution is 2.15. The molecular formula is C19H26ClN2O6-. The molecule has 0 aliphatic heterocycles. The van der Waals surface area contributed by atoms with Crippen LogP contribution in [0.1, 0.15) is 45.6 Å². The third-order valence-electron chi connectivity index (χ3n) is 3.48. The van der Waals surface area contributed by atoms with E-state index >= 15 is 0 Å². The number of carboxylic acid groups (broad SMARTS) is 1. The topological polar surface area (TPSA) is 117 Å². The lowest BCUT2D eigenvalue weighted by molar-refractivity contribution is -0.308. The van der Waals surface area contributed by atoms with E-state index in [0.717, 1.165) is 0 Å². The van der Waals surface area contributed by atoms with Crippen LogP contribution in [0.25, 0.3) is 0 Å². The number of halogens is 1. The maximum absolute atomic E-state index is 11.7. The number of benzene rings is 1. The van der Waals surface area contributed by atoms with E-state index in [0.29, 0.717) is 30.0 Å². The van der Waals surface area contributed by atoms with Gasteiger partial charge in [0.2, 0.25) is 0 Å². The predicted octanol–water partition coefficient (Wildman–Crippen LogP) is 2.38. The highest BCUT2D eigenvalue weighted by Gasteiger charge is 2.20. The van der Waals surface area contributed by atoms with Crippen molar-refractivity contribution in [1.29, 1.82) is 0 Å². The Bertz CT molecular complexity index is 675. The molecule has 0 saturated carbocycles. The van der Waals surface area contributed by atoms with Gasteiger partial charge in [0.25, 0.3) is 0 Å². The average Bonchev–Trinajstić information content (AvgIpc) is 2.58. The largest absolute Gasteiger partial charge is 0.548 e. The normalized spacial score (nSPS) is 12.0. The van der Waals surface area contributed by atoms with Crippen molar-refractivity contribution in [2.75, 3.05) is 6.54 Å². The first-order chi connectivity index (χ1) is 13.1. The van der Waals surface area contributed by atoms with Gasteiger partial charge < -0.3 is 30.0 Å². The second-order valence-corrected chi connectivity index (χ2v) is 7.52. The highest BCUT2D eigenvalue weighted by molar-refractivity contribution is 6.31. The Morgan fingerprint density at radius 1 is 1.14 bits per heavy atom. The summed E-state index contributed by atoms with van der Waals surface area (Å²) in [6.45, 7) is 5.39. The van der Waals surface area contributed by atoms with Gasteiger partial charge in [-0.05, 0) is 46.1 Å². The molecule has 0 fully saturated rings. The van der Waals surface area contributed by atoms with Gasteiger partial charge >= 0.3 is 12.2 Å². The van der Waals surface area contributed by atoms with Gasteiger partial charge in [-0.25, -0.2) is 9.59 Å². The van der Waals surface area contributed by atoms with Crippen LogP contribution < -0.4 is 15.7 Å². The van der Waals surface area contributed by atoms with Crippen molar-refractivity contribution in [3.05, 3.63) is 34.9 Å². The Balaban J connectivity index is 2.24. The zero-order valence-corrected chi connectivity index (χ0v) is 17.0. The molecule has 1 rings (SSSR count). The molecule has 0 aromatic heterocycles. The van der Waals surface area contributed by atoms with Crippen LogP contribution in [0.5, 0.6) is 0 Å². The van der Waals surface area contributed by atoms with Crippen molar-refractivity contribution >= 4 is 29.8 Å². The second kappa shape index (κ2) is 11.4. The molecule has 0 heterocycles. The molecule has 0 aliphatic carbocycles. The minimum absolute atomic E-state index is 0.0536. The van der Waals surface area contributed by atoms with Crippen LogP contribution in [-0.4, -0.2) is 36.3 Å². The quantitative estimate of drug-likeness (QED) is 0.600. The molecule has 156 valence electrons. The van der Waals surface area contributed by atoms with Gasteiger partial charge in [0.1, 0.15) is 12.2 Å². The molecule has 0 spiro atoms. The van der Waals surface area contributed by atoms with Crippen LogP contribution in [0, 0.1) is 0 Å². The molecule has 8 nitrogen and oxygen atoms in total. The number of hydrogen-bond acceptors (Lipinski definition) is 6. The van der Waals surface area contributed by atoms with E-state index in [4.69, 9.17) is 21.1 Å². The predicted molar refractivity (Wildman–Crippen MR) is 102 cm³/mol. The number of ether oxygens (including phenoxy) is 2. The molecule has 0 unspecified atom stereocenters. The third-order valence-corrected chi connectivity index (χ3v) is 3.85. The number of alkyl carbamates (subject to hydrolysis) is 2. The number of aliphatic carboxylic acids is 1. The molecule has 9 heteroatoms. The molecule has 0 bridgehead atoms. The molecule has 2 amide bonds. The van der Waals surface area contributed by atoms with Crippen molar-refractivity contribution < 1.29 is 29.0 Å². The SMILES string of the molecule is CC(C)(C)OC(=O)N[C@@H](CCCCNC(=O)OCc1ccccc1Cl)C(=O)[O-]. The van der Waals surface area contributed by atoms with Crippen molar-refractivity contribution in [3.8, 4) is 0 Å². The molecule has 1 atom stereocenters. The number of unbranched alkanes of at least 4 members (excludes halogenated alkanes) is 1. The van der Waals surface area contributed by atoms with E-state index < -0.39 is 29.8 Å². The van der Waals surface area contributed by atoms with E-state index in [2.05, 4.69) is 10.6 Å². The molecule has 1 aromatic rings. The molecular weight excluding hydrogens is 388 g/mol. The van der Waals surface area contributed by atoms with Gasteiger partial charge in [0.05, 0.1) is 12.0 Å². The maximum Gasteiger partial charge on any atom is 0.408 e. The van der Waals surface area contributed by atoms with Crippen molar-refractivity contribution in [2.45, 2.75) is 58.3 Å². The van der Waals surface area contributed by atoms with E-state index in [-0.39, 0.29) is 13.0 Å². The fraction of sp³-hybridized carbons (Fsp3) is 0.526. The summed E-state index contributed by atoms with van der Waals surface area (Å²) >= 11 is 5.98. The van der Waals surface area contributed by atoms with Gasteiger partial charge in [0.15, 0.2) is 0 Å². The molecule has 1 aromatic carbocycles. The van der Waals surface area contributed by atoms with E-state index in [1.165, 1.54) is 0 Å². The third kappa shape index (κ3) is 10.0. The van der Waals surface area contributed by atoms with Crippen molar-refractivity contribution in [2.24, 2.45) is 0 Å². The first-order valence-electron chi connectivity index (χ1n) is 8.93. The van der Waals surface area contributed by atoms with Gasteiger partial charge in [0, 0.05) is 17.1 Å². The summed E-state index contributed by atoms with van der Waals surface area (Å²) in [6.07, 6.45) is -0.316. The summed E-state index contributed by atoms with van der Waals surface area (Å²) in [4.78, 5) is 34.5. The monoisotopic (exact) mass is 413 g/mol. The van der Waals surface area contributed by atoms with Crippen LogP contribution in [0.15, 0.2) is 24.3 Å². The summed E-state index contributed by atoms with van der Waals surface area (Å²) in [7, 11) is 0. The Hall–Kier alpha value is -2.48. The summed E-state index contributed by atoms with van der Waals surface area (Å²) in [6, 6.07) is 5.87. The number of hydrogen-bond donors (Lipinski definition) is 2. The lowest BCUT2D eigenvalue weighted by Crippen LogP contribution is -2.49. The summed E-state index contributed by atoms with van der Waals surface area (Å²) in [5, 5.41) is 16.5. The first-order valence-corrected chi connectivity index (χ1v) is 9.30. The van der Waals surface area contributed by atoms with E-state index in [1.807, 2.05) is 0 Å². The number of rotatable bonds is 9. The number of carbonyl (C=O) groups excluding carboxylic acids is 3. The van der Waals surface area contributed by atoms with E-state index in [9.17, 15) is 19.5 Å². The van der Waals surface area contributed by atoms with Crippen LogP contribution in [0.3, 0.4) is 0 Å². The fourth-order valence-electron chi connectivity index (χ4n) is 2.17. The lowest BCUT2D eigenvalue weighted by atomic mass is 10.1. The minimum Gasteiger partial charge on any atom is -0.548 e. The van der Waals surface area contributed by atoms with Gasteiger partial charge in [-0.15, -0.1) is 0 Å². The van der Waals surface area contributed by atoms with Crippen LogP contribution in [-0.2, 0) is 20.9 Å². The number of carbonyl (C=O) groups is 3. The highest BCUT2D eigenvalue weighted by atomic mass is 35.5. The van der Waals surface area contributed by atoms with Crippen LogP contribution in [0.2, 0.25) is 5.02 Å². The Labute approximate surface area is 169 Å². The Morgan fingerprint density at radius 2 is 1.82 bits per heavy atom. The zero-order chi connectivity index (χ0) is 21.2. The van der Waals surface area contributed by atoms with Gasteiger partial charge in [-0.2, -0.15) is 0 Å². The van der Waals surface area contributed by atoms with Gasteiger partial charge in [-0.3, -0.25) is 0 Å². The maximum atomic E-state index is 11.7. The lowest BCUT2D eigenvalue weighted by Gasteiger charge is -2.24. The standard InChI is InChI=1S/C19H27ClN2O6/c1-19(2,3)28-18(26)22-15(16(23)24)10-6-7-11-21-17(25)27-12-13-8-4-5-9-14(13)20/h4-5,8-9,15H,6-7,10-12H2,1-3H3,(H,21,25)(H,22,26)(H,23,24)/p-1/t15-/m0/s1. The van der Waals surface area contributed by atoms with Crippen LogP contribution >= 0.6 is 11.6 Å². The average molecular weight is 414 g/mol. The smallest absolute Gasteiger partial charge is 0.408 e. The number of nitrogens with one attached hydrogen (secondary N) is 2. The van der Waals surface area contributed by atoms with Crippen LogP contribution in [0.4, 0.5) is 9.59 Å². The number of amides is 2. The Kier molecular flexibility index (Phi) is 9.58. The molecule has 28 heavy (non-hydrogen) atoms. The van der Waals surface area contributed by atoms with Crippen molar-refractivity contribution in [1.82, 2.24) is 10.6 Å². The molecule has 0 aliphatic rings.